The summed E-state index contributed by atoms with van der Waals surface area (Å²) < 4.78 is 7.67. The number of aryl methyl sites for hydroxylation is 1. The highest BCUT2D eigenvalue weighted by molar-refractivity contribution is 5.95. The van der Waals surface area contributed by atoms with Crippen LogP contribution >= 0.6 is 0 Å². The fourth-order valence-electron chi connectivity index (χ4n) is 3.54. The van der Waals surface area contributed by atoms with Crippen LogP contribution in [0.15, 0.2) is 77.8 Å². The predicted molar refractivity (Wildman–Crippen MR) is 132 cm³/mol. The van der Waals surface area contributed by atoms with Gasteiger partial charge in [-0.3, -0.25) is 4.79 Å². The van der Waals surface area contributed by atoms with Crippen molar-refractivity contribution in [1.29, 1.82) is 0 Å². The van der Waals surface area contributed by atoms with E-state index in [2.05, 4.69) is 42.8 Å². The molecule has 3 N–H and O–H groups in total. The molecule has 0 saturated heterocycles. The van der Waals surface area contributed by atoms with Crippen LogP contribution in [0.2, 0.25) is 0 Å². The number of aromatic nitrogens is 3. The van der Waals surface area contributed by atoms with Gasteiger partial charge in [0, 0.05) is 48.2 Å². The van der Waals surface area contributed by atoms with Gasteiger partial charge in [-0.05, 0) is 44.6 Å². The van der Waals surface area contributed by atoms with Gasteiger partial charge in [0.1, 0.15) is 5.69 Å². The Kier molecular flexibility index (Phi) is 7.85. The molecular weight excluding hydrogens is 428 g/mol. The summed E-state index contributed by atoms with van der Waals surface area (Å²) >= 11 is 0. The summed E-state index contributed by atoms with van der Waals surface area (Å²) in [5.41, 5.74) is 4.26. The quantitative estimate of drug-likeness (QED) is 0.234. The molecule has 0 bridgehead atoms. The summed E-state index contributed by atoms with van der Waals surface area (Å²) in [4.78, 5) is 16.5. The minimum absolute atomic E-state index is 0.115. The average molecular weight is 459 g/mol. The maximum atomic E-state index is 12.4. The molecule has 0 aliphatic heterocycles. The monoisotopic (exact) mass is 458 g/mol. The minimum atomic E-state index is -0.140. The van der Waals surface area contributed by atoms with E-state index in [1.165, 1.54) is 5.56 Å². The highest BCUT2D eigenvalue weighted by atomic mass is 16.5. The van der Waals surface area contributed by atoms with E-state index in [9.17, 15) is 4.79 Å². The fourth-order valence-corrected chi connectivity index (χ4v) is 3.54. The Morgan fingerprint density at radius 2 is 1.97 bits per heavy atom. The van der Waals surface area contributed by atoms with Crippen LogP contribution in [-0.2, 0) is 13.1 Å². The molecule has 4 rings (SSSR count). The number of nitrogens with one attached hydrogen (secondary N) is 3. The zero-order valence-electron chi connectivity index (χ0n) is 19.5. The Morgan fingerprint density at radius 1 is 1.12 bits per heavy atom. The van der Waals surface area contributed by atoms with E-state index in [1.54, 1.807) is 19.3 Å². The highest BCUT2D eigenvalue weighted by Gasteiger charge is 2.13. The van der Waals surface area contributed by atoms with Crippen molar-refractivity contribution in [2.24, 2.45) is 0 Å². The van der Waals surface area contributed by atoms with Crippen molar-refractivity contribution >= 4 is 5.91 Å². The van der Waals surface area contributed by atoms with Gasteiger partial charge >= 0.3 is 0 Å². The van der Waals surface area contributed by atoms with Gasteiger partial charge in [0.05, 0.1) is 12.5 Å². The fraction of sp³-hybridized carbons (Fsp3) is 0.269. The lowest BCUT2D eigenvalue weighted by Gasteiger charge is -2.12. The van der Waals surface area contributed by atoms with Crippen LogP contribution in [0.3, 0.4) is 0 Å². The molecule has 8 heteroatoms. The number of benzene rings is 2. The predicted octanol–water partition coefficient (Wildman–Crippen LogP) is 3.68. The van der Waals surface area contributed by atoms with E-state index in [1.807, 2.05) is 55.8 Å². The SMILES string of the molecule is CNC(C)NC(=O)c1cccc(-c2cc(-c3ccc(CNCCCn4ccnc4)cc3)on2)c1. The number of carbonyl (C=O) groups excluding carboxylic acids is 1. The third-order valence-corrected chi connectivity index (χ3v) is 5.61. The molecule has 2 aromatic carbocycles. The second kappa shape index (κ2) is 11.4. The molecule has 0 fully saturated rings. The molecule has 0 radical (unpaired) electrons. The normalized spacial score (nSPS) is 11.9. The molecule has 1 amide bonds. The summed E-state index contributed by atoms with van der Waals surface area (Å²) in [6.07, 6.45) is 6.55. The maximum absolute atomic E-state index is 12.4. The Labute approximate surface area is 199 Å². The summed E-state index contributed by atoms with van der Waals surface area (Å²) in [7, 11) is 1.80. The Morgan fingerprint density at radius 3 is 2.74 bits per heavy atom. The summed E-state index contributed by atoms with van der Waals surface area (Å²) in [6, 6.07) is 17.5. The molecule has 4 aromatic rings. The van der Waals surface area contributed by atoms with Crippen LogP contribution in [0.5, 0.6) is 0 Å². The maximum Gasteiger partial charge on any atom is 0.252 e. The number of hydrogen-bond acceptors (Lipinski definition) is 6. The number of nitrogens with zero attached hydrogens (tertiary/aromatic N) is 3. The van der Waals surface area contributed by atoms with Crippen LogP contribution in [0.4, 0.5) is 0 Å². The van der Waals surface area contributed by atoms with Crippen molar-refractivity contribution in [3.8, 4) is 22.6 Å². The topological polar surface area (TPSA) is 97.0 Å². The number of imidazole rings is 1. The molecule has 34 heavy (non-hydrogen) atoms. The Bertz CT molecular complexity index is 1180. The van der Waals surface area contributed by atoms with Gasteiger partial charge < -0.3 is 25.0 Å². The molecule has 0 spiro atoms. The van der Waals surface area contributed by atoms with Crippen molar-refractivity contribution in [3.63, 3.8) is 0 Å². The van der Waals surface area contributed by atoms with Crippen molar-refractivity contribution in [2.45, 2.75) is 32.6 Å². The lowest BCUT2D eigenvalue weighted by atomic mass is 10.1. The van der Waals surface area contributed by atoms with Crippen LogP contribution in [-0.4, -0.2) is 40.4 Å². The molecule has 0 saturated carbocycles. The number of rotatable bonds is 11. The van der Waals surface area contributed by atoms with Crippen LogP contribution in [0, 0.1) is 0 Å². The third-order valence-electron chi connectivity index (χ3n) is 5.61. The molecule has 0 aliphatic rings. The van der Waals surface area contributed by atoms with Gasteiger partial charge in [-0.25, -0.2) is 4.98 Å². The molecular formula is C26H30N6O2. The van der Waals surface area contributed by atoms with Crippen LogP contribution in [0.1, 0.15) is 29.3 Å². The van der Waals surface area contributed by atoms with E-state index in [4.69, 9.17) is 4.52 Å². The van der Waals surface area contributed by atoms with Crippen molar-refractivity contribution < 1.29 is 9.32 Å². The van der Waals surface area contributed by atoms with Gasteiger partial charge in [0.15, 0.2) is 5.76 Å². The molecule has 1 atom stereocenters. The minimum Gasteiger partial charge on any atom is -0.356 e. The number of carbonyl (C=O) groups is 1. The lowest BCUT2D eigenvalue weighted by Crippen LogP contribution is -2.41. The van der Waals surface area contributed by atoms with E-state index in [-0.39, 0.29) is 12.1 Å². The zero-order chi connectivity index (χ0) is 23.8. The first-order valence-corrected chi connectivity index (χ1v) is 11.4. The van der Waals surface area contributed by atoms with E-state index in [0.717, 1.165) is 37.2 Å². The summed E-state index contributed by atoms with van der Waals surface area (Å²) in [6.45, 7) is 4.60. The molecule has 2 heterocycles. The van der Waals surface area contributed by atoms with E-state index >= 15 is 0 Å². The Hall–Kier alpha value is -3.75. The first-order chi connectivity index (χ1) is 16.6. The van der Waals surface area contributed by atoms with Crippen molar-refractivity contribution in [1.82, 2.24) is 30.7 Å². The van der Waals surface area contributed by atoms with Crippen molar-refractivity contribution in [2.75, 3.05) is 13.6 Å². The van der Waals surface area contributed by atoms with E-state index in [0.29, 0.717) is 17.0 Å². The van der Waals surface area contributed by atoms with Crippen molar-refractivity contribution in [3.05, 3.63) is 84.4 Å². The van der Waals surface area contributed by atoms with Crippen LogP contribution < -0.4 is 16.0 Å². The summed E-state index contributed by atoms with van der Waals surface area (Å²) in [5, 5.41) is 13.6. The lowest BCUT2D eigenvalue weighted by molar-refractivity contribution is 0.0935. The first kappa shape index (κ1) is 23.4. The Balaban J connectivity index is 1.33. The van der Waals surface area contributed by atoms with Gasteiger partial charge in [-0.15, -0.1) is 0 Å². The van der Waals surface area contributed by atoms with E-state index < -0.39 is 0 Å². The largest absolute Gasteiger partial charge is 0.356 e. The average Bonchev–Trinajstić information content (AvgIpc) is 3.57. The second-order valence-corrected chi connectivity index (χ2v) is 8.17. The van der Waals surface area contributed by atoms with Gasteiger partial charge in [-0.2, -0.15) is 0 Å². The standard InChI is InChI=1S/C26H30N6O2/c1-19(27-2)30-26(33)23-6-3-5-22(15-23)24-16-25(34-31-24)21-9-7-20(8-10-21)17-28-11-4-13-32-14-12-29-18-32/h3,5-10,12,14-16,18-19,27-28H,4,11,13,17H2,1-2H3,(H,30,33). The van der Waals surface area contributed by atoms with Gasteiger partial charge in [-0.1, -0.05) is 41.6 Å². The number of hydrogen-bond donors (Lipinski definition) is 3. The first-order valence-electron chi connectivity index (χ1n) is 11.4. The van der Waals surface area contributed by atoms with Gasteiger partial charge in [0.2, 0.25) is 0 Å². The second-order valence-electron chi connectivity index (χ2n) is 8.17. The molecule has 176 valence electrons. The highest BCUT2D eigenvalue weighted by Crippen LogP contribution is 2.27. The summed E-state index contributed by atoms with van der Waals surface area (Å²) in [5.74, 6) is 0.548. The molecule has 1 unspecified atom stereocenters. The number of amides is 1. The smallest absolute Gasteiger partial charge is 0.252 e. The molecule has 0 aliphatic carbocycles. The molecule has 8 nitrogen and oxygen atoms in total. The molecule has 2 aromatic heterocycles. The van der Waals surface area contributed by atoms with Crippen LogP contribution in [0.25, 0.3) is 22.6 Å². The van der Waals surface area contributed by atoms with Gasteiger partial charge in [0.25, 0.3) is 5.91 Å². The zero-order valence-corrected chi connectivity index (χ0v) is 19.5. The third kappa shape index (κ3) is 6.18.